The van der Waals surface area contributed by atoms with E-state index in [9.17, 15) is 11.0 Å². The molecular weight excluding hydrogens is 671 g/mol. The number of nitrogens with zero attached hydrogens (tertiary/aromatic N) is 1. The van der Waals surface area contributed by atoms with E-state index in [2.05, 4.69) is 0 Å². The highest BCUT2D eigenvalue weighted by atomic mass is 16.3. The summed E-state index contributed by atoms with van der Waals surface area (Å²) in [5.74, 6) is 0. The minimum Gasteiger partial charge on any atom is -0.456 e. The molecule has 0 unspecified atom stereocenters. The molecule has 2 aromatic heterocycles. The molecule has 9 aromatic carbocycles. The van der Waals surface area contributed by atoms with Crippen LogP contribution in [0.4, 0.5) is 17.1 Å². The SMILES string of the molecule is [2H]c1c([2H])c([2H])c(-c2c([2H])c([2H])c(-c3c([2H])c([2H])c(N(c4c([2H])c([2H])c(-c5ccc6c(c5)oc5ccccc56)c([2H])c4[2H])c4cccc5oc6c7ccccc7ccc6c45)c([2H])c3[2H])c([2H])c2[2H])c([2H])c1[2H]. The maximum atomic E-state index is 9.69. The van der Waals surface area contributed by atoms with E-state index in [0.717, 1.165) is 26.4 Å². The van der Waals surface area contributed by atoms with Crippen LogP contribution in [0.3, 0.4) is 0 Å². The van der Waals surface area contributed by atoms with E-state index in [0.29, 0.717) is 38.7 Å². The van der Waals surface area contributed by atoms with Crippen LogP contribution in [-0.2, 0) is 0 Å². The average molecular weight is 721 g/mol. The monoisotopic (exact) mass is 720 g/mol. The zero-order valence-corrected chi connectivity index (χ0v) is 28.5. The number of hydrogen-bond donors (Lipinski definition) is 0. The zero-order chi connectivity index (χ0) is 51.1. The molecule has 0 aliphatic heterocycles. The highest BCUT2D eigenvalue weighted by Crippen LogP contribution is 2.45. The van der Waals surface area contributed by atoms with Crippen molar-refractivity contribution in [2.75, 3.05) is 4.90 Å². The van der Waals surface area contributed by atoms with Crippen LogP contribution in [0.5, 0.6) is 0 Å². The van der Waals surface area contributed by atoms with Crippen molar-refractivity contribution in [1.29, 1.82) is 0 Å². The third kappa shape index (κ3) is 5.28. The molecule has 0 aliphatic carbocycles. The van der Waals surface area contributed by atoms with Crippen molar-refractivity contribution in [2.45, 2.75) is 0 Å². The molecule has 258 valence electrons. The van der Waals surface area contributed by atoms with Gasteiger partial charge in [0, 0.05) is 32.9 Å². The van der Waals surface area contributed by atoms with Gasteiger partial charge >= 0.3 is 0 Å². The molecule has 0 radical (unpaired) electrons. The van der Waals surface area contributed by atoms with E-state index >= 15 is 0 Å². The molecule has 0 bridgehead atoms. The van der Waals surface area contributed by atoms with E-state index in [1.165, 1.54) is 0 Å². The molecule has 0 spiro atoms. The number of hydrogen-bond acceptors (Lipinski definition) is 3. The van der Waals surface area contributed by atoms with Gasteiger partial charge in [0.25, 0.3) is 0 Å². The van der Waals surface area contributed by atoms with Gasteiger partial charge in [0.2, 0.25) is 0 Å². The van der Waals surface area contributed by atoms with Crippen LogP contribution in [0.15, 0.2) is 209 Å². The molecule has 3 heteroatoms. The van der Waals surface area contributed by atoms with Gasteiger partial charge in [-0.05, 0) is 99.3 Å². The third-order valence-corrected chi connectivity index (χ3v) is 9.57. The van der Waals surface area contributed by atoms with Gasteiger partial charge in [0.15, 0.2) is 0 Å². The van der Waals surface area contributed by atoms with Crippen molar-refractivity contribution in [3.8, 4) is 33.4 Å². The van der Waals surface area contributed by atoms with Crippen molar-refractivity contribution < 1.29 is 32.1 Å². The Labute approximate surface area is 341 Å². The van der Waals surface area contributed by atoms with E-state index in [1.807, 2.05) is 48.5 Å². The lowest BCUT2D eigenvalue weighted by Gasteiger charge is -2.26. The maximum absolute atomic E-state index is 9.69. The normalized spacial score (nSPS) is 16.0. The van der Waals surface area contributed by atoms with Crippen molar-refractivity contribution >= 4 is 71.7 Å². The van der Waals surface area contributed by atoms with Gasteiger partial charge in [-0.1, -0.05) is 139 Å². The summed E-state index contributed by atoms with van der Waals surface area (Å²) in [4.78, 5) is 1.13. The molecule has 0 amide bonds. The number of furan rings is 2. The first kappa shape index (κ1) is 18.6. The molecule has 0 saturated carbocycles. The fraction of sp³-hybridized carbons (Fsp3) is 0. The first-order valence-electron chi connectivity index (χ1n) is 25.8. The van der Waals surface area contributed by atoms with Gasteiger partial charge in [-0.25, -0.2) is 0 Å². The number of para-hydroxylation sites is 1. The maximum Gasteiger partial charge on any atom is 0.143 e. The fourth-order valence-electron chi connectivity index (χ4n) is 7.00. The lowest BCUT2D eigenvalue weighted by atomic mass is 9.99. The van der Waals surface area contributed by atoms with Crippen molar-refractivity contribution in [3.63, 3.8) is 0 Å². The standard InChI is InChI=1S/C52H33NO2/c1-2-9-34(10-3-1)35-17-19-36(20-18-35)37-21-27-41(28-22-37)53(47-14-8-16-49-51(47)46-32-25-39-11-4-5-12-43(39)52(46)55-49)42-29-23-38(24-30-42)40-26-31-45-44-13-6-7-15-48(44)54-50(45)33-40/h1-33H/i1D,2D,3D,9D,10D,17D,18D,19D,20D,21D,22D,23D,24D,27D,28D,29D,30D. The summed E-state index contributed by atoms with van der Waals surface area (Å²) in [6.07, 6.45) is 0. The minimum atomic E-state index is -0.888. The molecule has 0 saturated heterocycles. The number of rotatable bonds is 6. The molecule has 0 atom stereocenters. The van der Waals surface area contributed by atoms with Crippen LogP contribution >= 0.6 is 0 Å². The first-order chi connectivity index (χ1) is 34.3. The van der Waals surface area contributed by atoms with Crippen LogP contribution in [0.25, 0.3) is 88.0 Å². The molecule has 0 fully saturated rings. The largest absolute Gasteiger partial charge is 0.456 e. The summed E-state index contributed by atoms with van der Waals surface area (Å²) in [5.41, 5.74) is -1.50. The summed E-state index contributed by atoms with van der Waals surface area (Å²) in [6, 6.07) is 15.4. The molecule has 11 rings (SSSR count). The van der Waals surface area contributed by atoms with E-state index in [4.69, 9.17) is 21.2 Å². The fourth-order valence-corrected chi connectivity index (χ4v) is 7.00. The van der Waals surface area contributed by atoms with E-state index in [-0.39, 0.29) is 11.3 Å². The highest BCUT2D eigenvalue weighted by molar-refractivity contribution is 6.19. The van der Waals surface area contributed by atoms with Crippen molar-refractivity contribution in [3.05, 3.63) is 200 Å². The average Bonchev–Trinajstić information content (AvgIpc) is 3.96. The number of fused-ring (bicyclic) bond motifs is 8. The topological polar surface area (TPSA) is 29.5 Å². The second-order valence-corrected chi connectivity index (χ2v) is 12.8. The smallest absolute Gasteiger partial charge is 0.143 e. The van der Waals surface area contributed by atoms with Crippen molar-refractivity contribution in [2.24, 2.45) is 0 Å². The highest BCUT2D eigenvalue weighted by Gasteiger charge is 2.21. The van der Waals surface area contributed by atoms with Crippen LogP contribution in [0.1, 0.15) is 23.3 Å². The summed E-state index contributed by atoms with van der Waals surface area (Å²) in [6.45, 7) is 0. The minimum absolute atomic E-state index is 0.0829. The van der Waals surface area contributed by atoms with Gasteiger partial charge in [-0.15, -0.1) is 0 Å². The Hall–Kier alpha value is -7.36. The first-order valence-corrected chi connectivity index (χ1v) is 17.3. The van der Waals surface area contributed by atoms with Gasteiger partial charge in [-0.2, -0.15) is 0 Å². The van der Waals surface area contributed by atoms with Crippen LogP contribution < -0.4 is 4.90 Å². The molecule has 55 heavy (non-hydrogen) atoms. The predicted octanol–water partition coefficient (Wildman–Crippen LogP) is 15.1. The Balaban J connectivity index is 1.19. The lowest BCUT2D eigenvalue weighted by Crippen LogP contribution is -2.10. The Morgan fingerprint density at radius 3 is 1.67 bits per heavy atom. The Morgan fingerprint density at radius 2 is 0.945 bits per heavy atom. The van der Waals surface area contributed by atoms with Crippen LogP contribution in [0, 0.1) is 0 Å². The zero-order valence-electron chi connectivity index (χ0n) is 45.5. The molecular formula is C52H33NO2. The summed E-state index contributed by atoms with van der Waals surface area (Å²) in [5, 5.41) is 4.09. The Morgan fingerprint density at radius 1 is 0.382 bits per heavy atom. The van der Waals surface area contributed by atoms with Crippen LogP contribution in [0.2, 0.25) is 0 Å². The molecule has 0 N–H and O–H groups in total. The Bertz CT molecular complexity index is 4100. The van der Waals surface area contributed by atoms with Gasteiger partial charge < -0.3 is 13.7 Å². The predicted molar refractivity (Wildman–Crippen MR) is 229 cm³/mol. The molecule has 0 aliphatic rings. The summed E-state index contributed by atoms with van der Waals surface area (Å²) in [7, 11) is 0. The quantitative estimate of drug-likeness (QED) is 0.171. The van der Waals surface area contributed by atoms with E-state index < -0.39 is 136 Å². The Kier molecular flexibility index (Phi) is 4.28. The van der Waals surface area contributed by atoms with Gasteiger partial charge in [0.05, 0.1) is 34.4 Å². The molecule has 2 heterocycles. The van der Waals surface area contributed by atoms with Gasteiger partial charge in [-0.3, -0.25) is 0 Å². The second-order valence-electron chi connectivity index (χ2n) is 12.8. The summed E-state index contributed by atoms with van der Waals surface area (Å²) >= 11 is 0. The third-order valence-electron chi connectivity index (χ3n) is 9.57. The van der Waals surface area contributed by atoms with E-state index in [1.54, 1.807) is 48.5 Å². The summed E-state index contributed by atoms with van der Waals surface area (Å²) < 4.78 is 167. The van der Waals surface area contributed by atoms with Gasteiger partial charge in [0.1, 0.15) is 22.3 Å². The second kappa shape index (κ2) is 12.6. The number of anilines is 3. The van der Waals surface area contributed by atoms with Crippen molar-refractivity contribution in [1.82, 2.24) is 0 Å². The molecule has 11 aromatic rings. The lowest BCUT2D eigenvalue weighted by molar-refractivity contribution is 0.669. The number of benzene rings is 9. The molecule has 3 nitrogen and oxygen atoms in total. The van der Waals surface area contributed by atoms with Crippen LogP contribution in [-0.4, -0.2) is 0 Å².